The number of hydrogen-bond donors (Lipinski definition) is 1. The van der Waals surface area contributed by atoms with Crippen LogP contribution in [0.4, 0.5) is 11.4 Å². The Labute approximate surface area is 368 Å². The van der Waals surface area contributed by atoms with Crippen molar-refractivity contribution in [2.75, 3.05) is 23.7 Å². The van der Waals surface area contributed by atoms with Crippen molar-refractivity contribution in [2.45, 2.75) is 112 Å². The quantitative estimate of drug-likeness (QED) is 0.0962. The van der Waals surface area contributed by atoms with E-state index in [9.17, 15) is 43.7 Å². The number of carboxylic acid groups (broad SMARTS) is 1. The standard InChI is InChI=1S/C37H46N2O11S3.2Na/c1-36(20-5-3-4-15-31(40)41)29(38-22-9-11-25-16-18-27(52(45,46)47)32(36)34(25)38)13-8-14-30-37(2,21-6-7-24-51(42,43)44)33-28(53(48,49)50)19-17-26-12-10-23-39(30)35(26)33;;/h8,13-14,16-19H,3-7,9-12,15,20-24H2,1-2H3,(H3-,40,41,42,43,44,45,46,47,48,49,50);;/q;2*+1/p-2. The third-order valence-corrected chi connectivity index (χ3v) is 13.9. The second kappa shape index (κ2) is 17.4. The molecule has 1 N–H and O–H groups in total. The maximum absolute atomic E-state index is 12.7. The Balaban J connectivity index is 0.00000336. The van der Waals surface area contributed by atoms with Gasteiger partial charge in [0.2, 0.25) is 5.69 Å². The largest absolute Gasteiger partial charge is 1.00 e. The Morgan fingerprint density at radius 3 is 2.05 bits per heavy atom. The molecule has 2 aromatic carbocycles. The van der Waals surface area contributed by atoms with Gasteiger partial charge in [-0.1, -0.05) is 37.5 Å². The fourth-order valence-corrected chi connectivity index (χ4v) is 11.3. The molecule has 55 heavy (non-hydrogen) atoms. The SMILES string of the molecule is CC1(CCCCS(=O)(=O)[O-])C(=CC=CC2=[N+]3CCCc4ccc(S(=O)(=O)[O-])c(c43)C2(C)CCCCCC(=O)O)N2CCCc3ccc(S(=O)(=O)[O-])c1c32.[Na+].[Na+]. The second-order valence-corrected chi connectivity index (χ2v) is 19.2. The van der Waals surface area contributed by atoms with Crippen LogP contribution in [0.2, 0.25) is 0 Å². The maximum Gasteiger partial charge on any atom is 1.00 e. The molecule has 0 saturated carbocycles. The first kappa shape index (κ1) is 46.3. The number of unbranched alkanes of at least 4 members (excludes halogenated alkanes) is 3. The van der Waals surface area contributed by atoms with Crippen LogP contribution in [0.1, 0.15) is 100 Å². The molecule has 2 unspecified atom stereocenters. The van der Waals surface area contributed by atoms with Gasteiger partial charge in [0.1, 0.15) is 26.8 Å². The van der Waals surface area contributed by atoms with Crippen molar-refractivity contribution in [1.29, 1.82) is 0 Å². The summed E-state index contributed by atoms with van der Waals surface area (Å²) in [6.07, 6.45) is 11.2. The number of hydrogen-bond acceptors (Lipinski definition) is 11. The number of aliphatic carboxylic acids is 1. The molecule has 288 valence electrons. The van der Waals surface area contributed by atoms with Gasteiger partial charge in [-0.3, -0.25) is 4.79 Å². The summed E-state index contributed by atoms with van der Waals surface area (Å²) in [5, 5.41) is 9.15. The van der Waals surface area contributed by atoms with E-state index in [1.807, 2.05) is 37.0 Å². The minimum absolute atomic E-state index is 0. The summed E-state index contributed by atoms with van der Waals surface area (Å²) in [7, 11) is -14.2. The molecule has 4 aliphatic rings. The molecule has 0 amide bonds. The third kappa shape index (κ3) is 9.26. The number of carboxylic acids is 1. The fraction of sp³-hybridized carbons (Fsp3) is 0.514. The molecule has 13 nitrogen and oxygen atoms in total. The van der Waals surface area contributed by atoms with Crippen molar-refractivity contribution in [1.82, 2.24) is 0 Å². The molecule has 4 aliphatic heterocycles. The molecule has 6 rings (SSSR count). The first-order chi connectivity index (χ1) is 24.8. The first-order valence-corrected chi connectivity index (χ1v) is 22.4. The van der Waals surface area contributed by atoms with E-state index < -0.39 is 52.9 Å². The number of rotatable bonds is 15. The van der Waals surface area contributed by atoms with E-state index in [4.69, 9.17) is 5.11 Å². The van der Waals surface area contributed by atoms with Crippen molar-refractivity contribution >= 4 is 53.4 Å². The average molecular weight is 835 g/mol. The van der Waals surface area contributed by atoms with E-state index >= 15 is 0 Å². The first-order valence-electron chi connectivity index (χ1n) is 18.0. The smallest absolute Gasteiger partial charge is 0.748 e. The van der Waals surface area contributed by atoms with Crippen LogP contribution in [-0.2, 0) is 58.8 Å². The predicted molar refractivity (Wildman–Crippen MR) is 194 cm³/mol. The Kier molecular flexibility index (Phi) is 14.7. The van der Waals surface area contributed by atoms with Crippen molar-refractivity contribution in [2.24, 2.45) is 0 Å². The van der Waals surface area contributed by atoms with Gasteiger partial charge in [-0.05, 0) is 82.6 Å². The molecular weight excluding hydrogens is 791 g/mol. The Morgan fingerprint density at radius 1 is 0.818 bits per heavy atom. The molecular formula is C37H44N2Na2O11S3. The van der Waals surface area contributed by atoms with Crippen LogP contribution < -0.4 is 64.0 Å². The molecule has 2 atom stereocenters. The summed E-state index contributed by atoms with van der Waals surface area (Å²) in [6, 6.07) is 6.11. The monoisotopic (exact) mass is 834 g/mol. The molecule has 4 heterocycles. The van der Waals surface area contributed by atoms with Gasteiger partial charge in [-0.25, -0.2) is 25.3 Å². The molecule has 0 radical (unpaired) electrons. The molecule has 2 aromatic rings. The van der Waals surface area contributed by atoms with Gasteiger partial charge < -0.3 is 23.7 Å². The predicted octanol–water partition coefficient (Wildman–Crippen LogP) is -1.28. The van der Waals surface area contributed by atoms with Crippen molar-refractivity contribution in [3.8, 4) is 0 Å². The zero-order valence-electron chi connectivity index (χ0n) is 31.8. The number of aryl methyl sites for hydroxylation is 2. The van der Waals surface area contributed by atoms with Crippen molar-refractivity contribution in [3.63, 3.8) is 0 Å². The molecule has 18 heteroatoms. The summed E-state index contributed by atoms with van der Waals surface area (Å²) in [6.45, 7) is 4.88. The fourth-order valence-electron chi connectivity index (χ4n) is 9.12. The van der Waals surface area contributed by atoms with Crippen LogP contribution in [0.25, 0.3) is 0 Å². The molecule has 0 spiro atoms. The van der Waals surface area contributed by atoms with Crippen molar-refractivity contribution < 1.29 is 113 Å². The summed E-state index contributed by atoms with van der Waals surface area (Å²) in [4.78, 5) is 12.6. The summed E-state index contributed by atoms with van der Waals surface area (Å²) in [5.41, 5.74) is 3.54. The van der Waals surface area contributed by atoms with E-state index in [2.05, 4.69) is 4.58 Å². The number of carbonyl (C=O) groups is 1. The van der Waals surface area contributed by atoms with E-state index in [-0.39, 0.29) is 94.6 Å². The van der Waals surface area contributed by atoms with E-state index in [1.165, 1.54) is 12.1 Å². The second-order valence-electron chi connectivity index (χ2n) is 14.9. The average Bonchev–Trinajstić information content (AvgIpc) is 3.45. The van der Waals surface area contributed by atoms with Gasteiger partial charge in [-0.2, -0.15) is 4.58 Å². The van der Waals surface area contributed by atoms with Gasteiger partial charge >= 0.3 is 65.1 Å². The van der Waals surface area contributed by atoms with Gasteiger partial charge in [0.25, 0.3) is 0 Å². The van der Waals surface area contributed by atoms with E-state index in [0.717, 1.165) is 29.7 Å². The van der Waals surface area contributed by atoms with Crippen LogP contribution in [0, 0.1) is 0 Å². The zero-order chi connectivity index (χ0) is 38.6. The van der Waals surface area contributed by atoms with Crippen LogP contribution >= 0.6 is 0 Å². The minimum Gasteiger partial charge on any atom is -0.748 e. The van der Waals surface area contributed by atoms with E-state index in [1.54, 1.807) is 12.1 Å². The number of benzene rings is 2. The Morgan fingerprint density at radius 2 is 1.42 bits per heavy atom. The zero-order valence-corrected chi connectivity index (χ0v) is 38.2. The third-order valence-electron chi connectivity index (χ3n) is 11.4. The van der Waals surface area contributed by atoms with Crippen LogP contribution in [0.3, 0.4) is 0 Å². The number of allylic oxidation sites excluding steroid dienone is 4. The van der Waals surface area contributed by atoms with Crippen LogP contribution in [0.5, 0.6) is 0 Å². The van der Waals surface area contributed by atoms with E-state index in [0.29, 0.717) is 79.8 Å². The summed E-state index contributed by atoms with van der Waals surface area (Å²) < 4.78 is 112. The van der Waals surface area contributed by atoms with Crippen LogP contribution in [-0.4, -0.2) is 79.1 Å². The molecule has 0 bridgehead atoms. The normalized spacial score (nSPS) is 22.4. The van der Waals surface area contributed by atoms with Gasteiger partial charge in [0.15, 0.2) is 5.71 Å². The molecule has 0 aliphatic carbocycles. The number of nitrogens with zero attached hydrogens (tertiary/aromatic N) is 2. The summed E-state index contributed by atoms with van der Waals surface area (Å²) >= 11 is 0. The maximum atomic E-state index is 12.7. The Hall–Kier alpha value is -1.41. The molecule has 0 aromatic heterocycles. The molecule has 0 saturated heterocycles. The van der Waals surface area contributed by atoms with Gasteiger partial charge in [0.05, 0.1) is 30.9 Å². The summed E-state index contributed by atoms with van der Waals surface area (Å²) in [5.74, 6) is -1.47. The van der Waals surface area contributed by atoms with Crippen molar-refractivity contribution in [3.05, 3.63) is 70.4 Å². The topological polar surface area (TPSA) is 215 Å². The Bertz CT molecular complexity index is 2290. The van der Waals surface area contributed by atoms with Crippen LogP contribution in [0.15, 0.2) is 58.0 Å². The van der Waals surface area contributed by atoms with Gasteiger partial charge in [0, 0.05) is 59.1 Å². The van der Waals surface area contributed by atoms with Gasteiger partial charge in [-0.15, -0.1) is 0 Å². The minimum atomic E-state index is -4.91. The number of anilines is 1. The molecule has 0 fully saturated rings.